The van der Waals surface area contributed by atoms with Gasteiger partial charge in [-0.1, -0.05) is 0 Å². The van der Waals surface area contributed by atoms with Gasteiger partial charge in [0, 0.05) is 30.6 Å². The minimum absolute atomic E-state index is 0.124. The van der Waals surface area contributed by atoms with Crippen LogP contribution >= 0.6 is 0 Å². The van der Waals surface area contributed by atoms with Crippen LogP contribution in [0.2, 0.25) is 0 Å². The van der Waals surface area contributed by atoms with E-state index < -0.39 is 9.84 Å². The topological polar surface area (TPSA) is 55.4 Å². The van der Waals surface area contributed by atoms with Gasteiger partial charge in [-0.05, 0) is 33.2 Å². The number of hydrogen-bond donors (Lipinski definition) is 1. The fourth-order valence-electron chi connectivity index (χ4n) is 2.51. The van der Waals surface area contributed by atoms with E-state index in [1.54, 1.807) is 0 Å². The molecule has 1 fully saturated rings. The Morgan fingerprint density at radius 3 is 2.62 bits per heavy atom. The second-order valence-electron chi connectivity index (χ2n) is 4.89. The maximum absolute atomic E-state index is 11.1. The van der Waals surface area contributed by atoms with E-state index >= 15 is 0 Å². The summed E-state index contributed by atoms with van der Waals surface area (Å²) < 4.78 is 27.8. The molecule has 96 valence electrons. The zero-order chi connectivity index (χ0) is 12.2. The summed E-state index contributed by atoms with van der Waals surface area (Å²) in [5.41, 5.74) is 0.124. The van der Waals surface area contributed by atoms with Crippen molar-refractivity contribution in [3.8, 4) is 0 Å². The Kier molecular flexibility index (Phi) is 4.76. The first kappa shape index (κ1) is 13.9. The minimum atomic E-state index is -2.84. The fourth-order valence-corrected chi connectivity index (χ4v) is 3.17. The maximum Gasteiger partial charge on any atom is 0.147 e. The predicted octanol–water partition coefficient (Wildman–Crippen LogP) is 0.826. The van der Waals surface area contributed by atoms with Gasteiger partial charge in [0.25, 0.3) is 0 Å². The minimum Gasteiger partial charge on any atom is -0.378 e. The van der Waals surface area contributed by atoms with E-state index in [1.165, 1.54) is 6.26 Å². The summed E-state index contributed by atoms with van der Waals surface area (Å²) in [4.78, 5) is 0. The summed E-state index contributed by atoms with van der Waals surface area (Å²) in [6.45, 7) is 3.78. The summed E-state index contributed by atoms with van der Waals surface area (Å²) in [5, 5.41) is 3.20. The molecule has 0 aromatic carbocycles. The van der Waals surface area contributed by atoms with Gasteiger partial charge in [0.15, 0.2) is 0 Å². The van der Waals surface area contributed by atoms with Crippen molar-refractivity contribution in [2.75, 3.05) is 32.2 Å². The molecule has 0 aromatic heterocycles. The highest BCUT2D eigenvalue weighted by Crippen LogP contribution is 2.38. The Morgan fingerprint density at radius 2 is 2.19 bits per heavy atom. The standard InChI is InChI=1S/C11H23NO3S/c1-10-11(9-12-2,6-7-15-10)5-4-8-16(3,13)14/h10,12H,4-9H2,1-3H3. The highest BCUT2D eigenvalue weighted by atomic mass is 32.2. The fraction of sp³-hybridized carbons (Fsp3) is 1.00. The molecule has 0 bridgehead atoms. The van der Waals surface area contributed by atoms with Crippen LogP contribution in [0.1, 0.15) is 26.2 Å². The molecule has 0 saturated carbocycles. The molecule has 0 aliphatic carbocycles. The molecule has 5 heteroatoms. The van der Waals surface area contributed by atoms with Gasteiger partial charge in [0.05, 0.1) is 6.10 Å². The third kappa shape index (κ3) is 3.71. The molecule has 4 nitrogen and oxygen atoms in total. The maximum atomic E-state index is 11.1. The summed E-state index contributed by atoms with van der Waals surface area (Å²) in [5.74, 6) is 0.283. The van der Waals surface area contributed by atoms with Crippen LogP contribution in [0.25, 0.3) is 0 Å². The van der Waals surface area contributed by atoms with Gasteiger partial charge >= 0.3 is 0 Å². The van der Waals surface area contributed by atoms with Crippen molar-refractivity contribution in [3.63, 3.8) is 0 Å². The average molecular weight is 249 g/mol. The van der Waals surface area contributed by atoms with Crippen LogP contribution in [0, 0.1) is 5.41 Å². The van der Waals surface area contributed by atoms with Gasteiger partial charge < -0.3 is 10.1 Å². The van der Waals surface area contributed by atoms with Crippen molar-refractivity contribution in [3.05, 3.63) is 0 Å². The molecule has 1 saturated heterocycles. The number of sulfone groups is 1. The lowest BCUT2D eigenvalue weighted by Gasteiger charge is -2.32. The Bertz CT molecular complexity index is 315. The predicted molar refractivity (Wildman–Crippen MR) is 65.3 cm³/mol. The molecule has 0 amide bonds. The lowest BCUT2D eigenvalue weighted by molar-refractivity contribution is 0.0591. The summed E-state index contributed by atoms with van der Waals surface area (Å²) >= 11 is 0. The number of hydrogen-bond acceptors (Lipinski definition) is 4. The third-order valence-electron chi connectivity index (χ3n) is 3.55. The third-order valence-corrected chi connectivity index (χ3v) is 4.58. The van der Waals surface area contributed by atoms with E-state index in [0.29, 0.717) is 0 Å². The second-order valence-corrected chi connectivity index (χ2v) is 7.15. The van der Waals surface area contributed by atoms with E-state index in [4.69, 9.17) is 4.74 Å². The van der Waals surface area contributed by atoms with Gasteiger partial charge in [-0.2, -0.15) is 0 Å². The molecule has 2 unspecified atom stereocenters. The van der Waals surface area contributed by atoms with E-state index in [0.717, 1.165) is 32.4 Å². The zero-order valence-corrected chi connectivity index (χ0v) is 11.3. The van der Waals surface area contributed by atoms with E-state index in [1.807, 2.05) is 7.05 Å². The van der Waals surface area contributed by atoms with E-state index in [9.17, 15) is 8.42 Å². The zero-order valence-electron chi connectivity index (χ0n) is 10.5. The molecule has 0 aromatic rings. The highest BCUT2D eigenvalue weighted by Gasteiger charge is 2.40. The molecule has 2 atom stereocenters. The van der Waals surface area contributed by atoms with Gasteiger partial charge in [-0.15, -0.1) is 0 Å². The van der Waals surface area contributed by atoms with Crippen LogP contribution in [-0.2, 0) is 14.6 Å². The van der Waals surface area contributed by atoms with Crippen LogP contribution in [0.3, 0.4) is 0 Å². The summed E-state index contributed by atoms with van der Waals surface area (Å²) in [7, 11) is -0.902. The molecule has 1 heterocycles. The van der Waals surface area contributed by atoms with Crippen LogP contribution in [0.15, 0.2) is 0 Å². The molecular formula is C11H23NO3S. The van der Waals surface area contributed by atoms with Crippen LogP contribution in [-0.4, -0.2) is 46.7 Å². The molecule has 1 N–H and O–H groups in total. The van der Waals surface area contributed by atoms with Gasteiger partial charge in [0.2, 0.25) is 0 Å². The first-order chi connectivity index (χ1) is 7.40. The Labute approximate surface area is 98.7 Å². The van der Waals surface area contributed by atoms with Crippen molar-refractivity contribution < 1.29 is 13.2 Å². The average Bonchev–Trinajstić information content (AvgIpc) is 2.47. The summed E-state index contributed by atoms with van der Waals surface area (Å²) in [6.07, 6.45) is 4.20. The largest absolute Gasteiger partial charge is 0.378 e. The van der Waals surface area contributed by atoms with E-state index in [2.05, 4.69) is 12.2 Å². The van der Waals surface area contributed by atoms with Crippen molar-refractivity contribution in [1.29, 1.82) is 0 Å². The summed E-state index contributed by atoms with van der Waals surface area (Å²) in [6, 6.07) is 0. The monoisotopic (exact) mass is 249 g/mol. The van der Waals surface area contributed by atoms with Crippen molar-refractivity contribution in [2.45, 2.75) is 32.3 Å². The normalized spacial score (nSPS) is 30.8. The molecule has 0 radical (unpaired) electrons. The molecule has 0 spiro atoms. The van der Waals surface area contributed by atoms with Crippen LogP contribution < -0.4 is 5.32 Å². The Morgan fingerprint density at radius 1 is 1.50 bits per heavy atom. The SMILES string of the molecule is CNCC1(CCCS(C)(=O)=O)CCOC1C. The molecular weight excluding hydrogens is 226 g/mol. The molecule has 16 heavy (non-hydrogen) atoms. The van der Waals surface area contributed by atoms with Gasteiger partial charge in [-0.3, -0.25) is 0 Å². The quantitative estimate of drug-likeness (QED) is 0.757. The highest BCUT2D eigenvalue weighted by molar-refractivity contribution is 7.90. The second kappa shape index (κ2) is 5.47. The number of rotatable bonds is 6. The molecule has 1 aliphatic heterocycles. The van der Waals surface area contributed by atoms with Crippen molar-refractivity contribution >= 4 is 9.84 Å². The molecule has 1 aliphatic rings. The lowest BCUT2D eigenvalue weighted by Crippen LogP contribution is -2.38. The van der Waals surface area contributed by atoms with Crippen molar-refractivity contribution in [1.82, 2.24) is 5.32 Å². The number of nitrogens with one attached hydrogen (secondary N) is 1. The van der Waals surface area contributed by atoms with Crippen LogP contribution in [0.5, 0.6) is 0 Å². The van der Waals surface area contributed by atoms with Gasteiger partial charge in [-0.25, -0.2) is 8.42 Å². The van der Waals surface area contributed by atoms with Crippen LogP contribution in [0.4, 0.5) is 0 Å². The lowest BCUT2D eigenvalue weighted by atomic mass is 9.77. The van der Waals surface area contributed by atoms with Gasteiger partial charge in [0.1, 0.15) is 9.84 Å². The van der Waals surface area contributed by atoms with E-state index in [-0.39, 0.29) is 17.3 Å². The number of ether oxygens (including phenoxy) is 1. The smallest absolute Gasteiger partial charge is 0.147 e. The first-order valence-corrected chi connectivity index (χ1v) is 7.90. The Balaban J connectivity index is 2.52. The Hall–Kier alpha value is -0.130. The first-order valence-electron chi connectivity index (χ1n) is 5.83. The van der Waals surface area contributed by atoms with Crippen molar-refractivity contribution in [2.24, 2.45) is 5.41 Å². The molecule has 1 rings (SSSR count).